The number of piperidine rings is 1. The highest BCUT2D eigenvalue weighted by molar-refractivity contribution is 5.68. The fourth-order valence-corrected chi connectivity index (χ4v) is 3.26. The molecule has 0 saturated carbocycles. The molecule has 6 heteroatoms. The molecule has 4 rings (SSSR count). The third-order valence-electron chi connectivity index (χ3n) is 4.60. The van der Waals surface area contributed by atoms with E-state index in [1.807, 2.05) is 24.3 Å². The second-order valence-electron chi connectivity index (χ2n) is 6.18. The van der Waals surface area contributed by atoms with Crippen molar-refractivity contribution in [3.8, 4) is 16.9 Å². The van der Waals surface area contributed by atoms with Crippen molar-refractivity contribution in [2.24, 2.45) is 0 Å². The topological polar surface area (TPSA) is 73.6 Å². The molecular formula is C18H18N2O4. The van der Waals surface area contributed by atoms with Crippen molar-refractivity contribution in [3.63, 3.8) is 0 Å². The molecule has 124 valence electrons. The summed E-state index contributed by atoms with van der Waals surface area (Å²) < 4.78 is 12.2. The van der Waals surface area contributed by atoms with Gasteiger partial charge < -0.3 is 14.8 Å². The number of ether oxygens (including phenoxy) is 2. The summed E-state index contributed by atoms with van der Waals surface area (Å²) in [4.78, 5) is 10.6. The highest BCUT2D eigenvalue weighted by Crippen LogP contribution is 2.38. The largest absolute Gasteiger partial charge is 0.462 e. The van der Waals surface area contributed by atoms with Crippen LogP contribution in [-0.4, -0.2) is 23.8 Å². The van der Waals surface area contributed by atoms with E-state index in [1.54, 1.807) is 12.1 Å². The van der Waals surface area contributed by atoms with Crippen LogP contribution in [0.4, 0.5) is 5.69 Å². The van der Waals surface area contributed by atoms with E-state index in [0.29, 0.717) is 6.61 Å². The number of benzene rings is 2. The molecule has 2 aliphatic heterocycles. The Bertz CT molecular complexity index is 784. The van der Waals surface area contributed by atoms with Crippen molar-refractivity contribution in [1.82, 2.24) is 5.32 Å². The van der Waals surface area contributed by atoms with Crippen LogP contribution in [0.1, 0.15) is 18.4 Å². The monoisotopic (exact) mass is 326 g/mol. The third kappa shape index (κ3) is 2.74. The summed E-state index contributed by atoms with van der Waals surface area (Å²) in [5, 5.41) is 14.3. The van der Waals surface area contributed by atoms with E-state index in [1.165, 1.54) is 6.07 Å². The summed E-state index contributed by atoms with van der Waals surface area (Å²) >= 11 is 0. The van der Waals surface area contributed by atoms with Crippen LogP contribution >= 0.6 is 0 Å². The Hall–Kier alpha value is -2.44. The maximum Gasteiger partial charge on any atom is 0.270 e. The van der Waals surface area contributed by atoms with Crippen LogP contribution in [0, 0.1) is 10.1 Å². The molecule has 1 saturated heterocycles. The van der Waals surface area contributed by atoms with Gasteiger partial charge in [0.2, 0.25) is 5.79 Å². The van der Waals surface area contributed by atoms with Crippen LogP contribution < -0.4 is 10.1 Å². The molecule has 0 atom stereocenters. The molecule has 0 amide bonds. The van der Waals surface area contributed by atoms with Gasteiger partial charge in [-0.3, -0.25) is 10.1 Å². The predicted octanol–water partition coefficient (Wildman–Crippen LogP) is 3.25. The van der Waals surface area contributed by atoms with Crippen molar-refractivity contribution in [2.45, 2.75) is 25.2 Å². The van der Waals surface area contributed by atoms with Gasteiger partial charge >= 0.3 is 0 Å². The Labute approximate surface area is 139 Å². The molecule has 2 aromatic rings. The molecule has 0 unspecified atom stereocenters. The quantitative estimate of drug-likeness (QED) is 0.677. The predicted molar refractivity (Wildman–Crippen MR) is 88.8 cm³/mol. The Morgan fingerprint density at radius 1 is 1.08 bits per heavy atom. The minimum absolute atomic E-state index is 0.0892. The van der Waals surface area contributed by atoms with E-state index >= 15 is 0 Å². The average Bonchev–Trinajstić information content (AvgIpc) is 2.62. The molecule has 24 heavy (non-hydrogen) atoms. The minimum atomic E-state index is -0.509. The number of non-ortho nitro benzene ring substituents is 1. The van der Waals surface area contributed by atoms with Crippen LogP contribution in [0.15, 0.2) is 42.5 Å². The Balaban J connectivity index is 1.63. The second kappa shape index (κ2) is 5.89. The molecule has 2 aliphatic rings. The fourth-order valence-electron chi connectivity index (χ4n) is 3.26. The molecule has 0 aliphatic carbocycles. The van der Waals surface area contributed by atoms with Crippen molar-refractivity contribution < 1.29 is 14.4 Å². The maximum atomic E-state index is 10.9. The lowest BCUT2D eigenvalue weighted by atomic mass is 9.99. The highest BCUT2D eigenvalue weighted by atomic mass is 16.7. The minimum Gasteiger partial charge on any atom is -0.462 e. The zero-order valence-electron chi connectivity index (χ0n) is 13.2. The van der Waals surface area contributed by atoms with E-state index in [4.69, 9.17) is 9.47 Å². The van der Waals surface area contributed by atoms with Gasteiger partial charge in [-0.1, -0.05) is 18.2 Å². The zero-order chi connectivity index (χ0) is 16.6. The van der Waals surface area contributed by atoms with Gasteiger partial charge in [-0.15, -0.1) is 0 Å². The van der Waals surface area contributed by atoms with E-state index in [-0.39, 0.29) is 10.6 Å². The molecule has 6 nitrogen and oxygen atoms in total. The number of nitrogens with one attached hydrogen (secondary N) is 1. The first-order valence-electron chi connectivity index (χ1n) is 8.07. The van der Waals surface area contributed by atoms with Crippen molar-refractivity contribution in [2.75, 3.05) is 13.1 Å². The van der Waals surface area contributed by atoms with Gasteiger partial charge in [-0.2, -0.15) is 0 Å². The van der Waals surface area contributed by atoms with Crippen molar-refractivity contribution in [3.05, 3.63) is 58.1 Å². The van der Waals surface area contributed by atoms with Crippen molar-refractivity contribution >= 4 is 5.69 Å². The number of nitro groups is 1. The smallest absolute Gasteiger partial charge is 0.270 e. The Morgan fingerprint density at radius 2 is 1.88 bits per heavy atom. The van der Waals surface area contributed by atoms with Gasteiger partial charge in [-0.25, -0.2) is 0 Å². The van der Waals surface area contributed by atoms with Crippen LogP contribution in [0.5, 0.6) is 5.75 Å². The summed E-state index contributed by atoms with van der Waals surface area (Å²) in [7, 11) is 0. The molecule has 1 spiro atoms. The van der Waals surface area contributed by atoms with Crippen LogP contribution in [-0.2, 0) is 11.3 Å². The van der Waals surface area contributed by atoms with Gasteiger partial charge in [0.05, 0.1) is 11.5 Å². The summed E-state index contributed by atoms with van der Waals surface area (Å²) in [5.41, 5.74) is 2.80. The summed E-state index contributed by atoms with van der Waals surface area (Å²) in [6.45, 7) is 2.28. The van der Waals surface area contributed by atoms with Gasteiger partial charge in [0.25, 0.3) is 5.69 Å². The zero-order valence-corrected chi connectivity index (χ0v) is 13.2. The van der Waals surface area contributed by atoms with Gasteiger partial charge in [0.1, 0.15) is 5.75 Å². The fraction of sp³-hybridized carbons (Fsp3) is 0.333. The van der Waals surface area contributed by atoms with E-state index < -0.39 is 5.79 Å². The molecule has 1 N–H and O–H groups in total. The molecule has 2 heterocycles. The van der Waals surface area contributed by atoms with Crippen LogP contribution in [0.3, 0.4) is 0 Å². The molecule has 1 fully saturated rings. The first kappa shape index (κ1) is 15.1. The molecule has 0 bridgehead atoms. The summed E-state index contributed by atoms with van der Waals surface area (Å²) in [6, 6.07) is 12.5. The number of hydrogen-bond acceptors (Lipinski definition) is 5. The maximum absolute atomic E-state index is 10.9. The normalized spacial score (nSPS) is 18.7. The van der Waals surface area contributed by atoms with Gasteiger partial charge in [0, 0.05) is 43.6 Å². The lowest BCUT2D eigenvalue weighted by Gasteiger charge is -2.41. The second-order valence-corrected chi connectivity index (χ2v) is 6.18. The lowest BCUT2D eigenvalue weighted by Crippen LogP contribution is -2.49. The summed E-state index contributed by atoms with van der Waals surface area (Å²) in [5.74, 6) is 0.336. The SMILES string of the molecule is O=[N+]([O-])c1cccc(-c2ccc3c(c2)COC2(CCNCC2)O3)c1. The Morgan fingerprint density at radius 3 is 2.67 bits per heavy atom. The number of nitrogens with zero attached hydrogens (tertiary/aromatic N) is 1. The third-order valence-corrected chi connectivity index (χ3v) is 4.60. The van der Waals surface area contributed by atoms with Crippen LogP contribution in [0.25, 0.3) is 11.1 Å². The first-order valence-corrected chi connectivity index (χ1v) is 8.07. The first-order chi connectivity index (χ1) is 11.7. The molecule has 0 radical (unpaired) electrons. The Kier molecular flexibility index (Phi) is 3.70. The molecule has 0 aromatic heterocycles. The van der Waals surface area contributed by atoms with Gasteiger partial charge in [0.15, 0.2) is 0 Å². The number of fused-ring (bicyclic) bond motifs is 1. The molecular weight excluding hydrogens is 308 g/mol. The lowest BCUT2D eigenvalue weighted by molar-refractivity contribution is -0.384. The average molecular weight is 326 g/mol. The van der Waals surface area contributed by atoms with Crippen molar-refractivity contribution in [1.29, 1.82) is 0 Å². The van der Waals surface area contributed by atoms with Crippen LogP contribution in [0.2, 0.25) is 0 Å². The van der Waals surface area contributed by atoms with E-state index in [2.05, 4.69) is 5.32 Å². The van der Waals surface area contributed by atoms with Gasteiger partial charge in [-0.05, 0) is 23.3 Å². The molecule has 2 aromatic carbocycles. The standard InChI is InChI=1S/C18H18N2O4/c21-20(22)16-3-1-2-13(11-16)14-4-5-17-15(10-14)12-23-18(24-17)6-8-19-9-7-18/h1-5,10-11,19H,6-9,12H2. The highest BCUT2D eigenvalue weighted by Gasteiger charge is 2.38. The van der Waals surface area contributed by atoms with E-state index in [0.717, 1.165) is 48.4 Å². The number of hydrogen-bond donors (Lipinski definition) is 1. The van der Waals surface area contributed by atoms with E-state index in [9.17, 15) is 10.1 Å². The number of rotatable bonds is 2. The summed E-state index contributed by atoms with van der Waals surface area (Å²) in [6.07, 6.45) is 1.66. The number of nitro benzene ring substituents is 1.